The molecule has 1 amide bonds. The zero-order valence-corrected chi connectivity index (χ0v) is 9.04. The average molecular weight is 214 g/mol. The third kappa shape index (κ3) is 4.69. The van der Waals surface area contributed by atoms with Crippen LogP contribution in [0.25, 0.3) is 0 Å². The first kappa shape index (κ1) is 11.8. The molecule has 0 saturated heterocycles. The summed E-state index contributed by atoms with van der Waals surface area (Å²) in [5.41, 5.74) is 0. The average Bonchev–Trinajstić information content (AvgIpc) is 2.30. The van der Waals surface area contributed by atoms with Crippen LogP contribution in [0, 0.1) is 0 Å². The van der Waals surface area contributed by atoms with Gasteiger partial charge in [0.25, 0.3) is 5.91 Å². The molecule has 15 heavy (non-hydrogen) atoms. The molecule has 0 saturated carbocycles. The lowest BCUT2D eigenvalue weighted by Gasteiger charge is -2.15. The zero-order chi connectivity index (χ0) is 10.9. The van der Waals surface area contributed by atoms with Crippen LogP contribution in [0.5, 0.6) is 0 Å². The summed E-state index contributed by atoms with van der Waals surface area (Å²) in [6.07, 6.45) is 2.45. The van der Waals surface area contributed by atoms with E-state index in [9.17, 15) is 4.79 Å². The third-order valence-electron chi connectivity index (χ3n) is 1.89. The van der Waals surface area contributed by atoms with Gasteiger partial charge in [0.1, 0.15) is 19.5 Å². The highest BCUT2D eigenvalue weighted by atomic mass is 16.6. The van der Waals surface area contributed by atoms with E-state index in [0.717, 1.165) is 19.5 Å². The summed E-state index contributed by atoms with van der Waals surface area (Å²) < 4.78 is 10.1. The Morgan fingerprint density at radius 3 is 2.93 bits per heavy atom. The molecule has 0 unspecified atom stereocenters. The zero-order valence-electron chi connectivity index (χ0n) is 9.04. The molecule has 2 N–H and O–H groups in total. The van der Waals surface area contributed by atoms with E-state index < -0.39 is 0 Å². The van der Waals surface area contributed by atoms with Gasteiger partial charge in [-0.15, -0.1) is 0 Å². The van der Waals surface area contributed by atoms with Crippen molar-refractivity contribution in [1.29, 1.82) is 0 Å². The SMILES string of the molecule is CCCNCCNC(=O)C1=COCCO1. The molecule has 0 aromatic carbocycles. The minimum Gasteiger partial charge on any atom is -0.494 e. The largest absolute Gasteiger partial charge is 0.494 e. The highest BCUT2D eigenvalue weighted by molar-refractivity contribution is 5.91. The number of rotatable bonds is 6. The molecular formula is C10H18N2O3. The van der Waals surface area contributed by atoms with E-state index in [2.05, 4.69) is 17.6 Å². The lowest BCUT2D eigenvalue weighted by molar-refractivity contribution is -0.122. The predicted octanol–water partition coefficient (Wildman–Crippen LogP) is -0.00960. The predicted molar refractivity (Wildman–Crippen MR) is 56.2 cm³/mol. The number of carbonyl (C=O) groups excluding carboxylic acids is 1. The fraction of sp³-hybridized carbons (Fsp3) is 0.700. The summed E-state index contributed by atoms with van der Waals surface area (Å²) in [6, 6.07) is 0. The molecule has 0 aromatic rings. The molecule has 0 bridgehead atoms. The van der Waals surface area contributed by atoms with Crippen LogP contribution in [-0.2, 0) is 14.3 Å². The maximum absolute atomic E-state index is 11.4. The maximum atomic E-state index is 11.4. The molecular weight excluding hydrogens is 196 g/mol. The molecule has 1 heterocycles. The number of nitrogens with one attached hydrogen (secondary N) is 2. The topological polar surface area (TPSA) is 59.6 Å². The molecule has 1 aliphatic heterocycles. The minimum atomic E-state index is -0.215. The summed E-state index contributed by atoms with van der Waals surface area (Å²) in [7, 11) is 0. The summed E-state index contributed by atoms with van der Waals surface area (Å²) in [6.45, 7) is 5.39. The van der Waals surface area contributed by atoms with Crippen molar-refractivity contribution in [3.8, 4) is 0 Å². The molecule has 0 aliphatic carbocycles. The van der Waals surface area contributed by atoms with Crippen LogP contribution in [0.1, 0.15) is 13.3 Å². The normalized spacial score (nSPS) is 14.9. The number of ether oxygens (including phenoxy) is 2. The third-order valence-corrected chi connectivity index (χ3v) is 1.89. The molecule has 0 spiro atoms. The Morgan fingerprint density at radius 2 is 2.27 bits per heavy atom. The first-order valence-electron chi connectivity index (χ1n) is 5.28. The van der Waals surface area contributed by atoms with Crippen molar-refractivity contribution < 1.29 is 14.3 Å². The van der Waals surface area contributed by atoms with E-state index in [1.807, 2.05) is 0 Å². The van der Waals surface area contributed by atoms with Crippen LogP contribution in [0.2, 0.25) is 0 Å². The van der Waals surface area contributed by atoms with Crippen molar-refractivity contribution >= 4 is 5.91 Å². The van der Waals surface area contributed by atoms with E-state index in [1.165, 1.54) is 6.26 Å². The quantitative estimate of drug-likeness (QED) is 0.611. The Balaban J connectivity index is 2.10. The van der Waals surface area contributed by atoms with Gasteiger partial charge >= 0.3 is 0 Å². The van der Waals surface area contributed by atoms with Gasteiger partial charge in [-0.05, 0) is 13.0 Å². The summed E-state index contributed by atoms with van der Waals surface area (Å²) >= 11 is 0. The highest BCUT2D eigenvalue weighted by Crippen LogP contribution is 2.03. The molecule has 86 valence electrons. The Kier molecular flexibility index (Phi) is 5.62. The lowest BCUT2D eigenvalue weighted by Crippen LogP contribution is -2.34. The summed E-state index contributed by atoms with van der Waals surface area (Å²) in [4.78, 5) is 11.4. The van der Waals surface area contributed by atoms with Crippen molar-refractivity contribution in [2.45, 2.75) is 13.3 Å². The lowest BCUT2D eigenvalue weighted by atomic mass is 10.4. The molecule has 5 nitrogen and oxygen atoms in total. The van der Waals surface area contributed by atoms with Gasteiger partial charge in [-0.2, -0.15) is 0 Å². The first-order chi connectivity index (χ1) is 7.34. The number of amides is 1. The van der Waals surface area contributed by atoms with Gasteiger partial charge in [-0.25, -0.2) is 0 Å². The van der Waals surface area contributed by atoms with Gasteiger partial charge < -0.3 is 20.1 Å². The molecule has 0 fully saturated rings. The molecule has 1 rings (SSSR count). The minimum absolute atomic E-state index is 0.215. The Hall–Kier alpha value is -1.23. The fourth-order valence-electron chi connectivity index (χ4n) is 1.14. The second kappa shape index (κ2) is 7.11. The molecule has 0 aromatic heterocycles. The van der Waals surface area contributed by atoms with Gasteiger partial charge in [0.15, 0.2) is 0 Å². The Bertz CT molecular complexity index is 229. The van der Waals surface area contributed by atoms with Gasteiger partial charge in [-0.1, -0.05) is 6.92 Å². The number of carbonyl (C=O) groups is 1. The molecule has 0 radical (unpaired) electrons. The van der Waals surface area contributed by atoms with Crippen molar-refractivity contribution in [3.63, 3.8) is 0 Å². The van der Waals surface area contributed by atoms with Crippen LogP contribution in [-0.4, -0.2) is 38.8 Å². The van der Waals surface area contributed by atoms with Crippen LogP contribution in [0.3, 0.4) is 0 Å². The number of hydrogen-bond acceptors (Lipinski definition) is 4. The summed E-state index contributed by atoms with van der Waals surface area (Å²) in [5.74, 6) is 0.0461. The molecule has 5 heteroatoms. The van der Waals surface area contributed by atoms with E-state index in [1.54, 1.807) is 0 Å². The van der Waals surface area contributed by atoms with Crippen LogP contribution in [0.4, 0.5) is 0 Å². The van der Waals surface area contributed by atoms with Gasteiger partial charge in [0.2, 0.25) is 5.76 Å². The van der Waals surface area contributed by atoms with Crippen molar-refractivity contribution in [2.24, 2.45) is 0 Å². The van der Waals surface area contributed by atoms with Crippen molar-refractivity contribution in [3.05, 3.63) is 12.0 Å². The Morgan fingerprint density at radius 1 is 1.40 bits per heavy atom. The van der Waals surface area contributed by atoms with E-state index in [4.69, 9.17) is 9.47 Å². The number of hydrogen-bond donors (Lipinski definition) is 2. The van der Waals surface area contributed by atoms with Crippen LogP contribution in [0.15, 0.2) is 12.0 Å². The first-order valence-corrected chi connectivity index (χ1v) is 5.28. The van der Waals surface area contributed by atoms with Gasteiger partial charge in [0.05, 0.1) is 0 Å². The smallest absolute Gasteiger partial charge is 0.289 e. The molecule has 1 aliphatic rings. The van der Waals surface area contributed by atoms with E-state index in [0.29, 0.717) is 19.8 Å². The maximum Gasteiger partial charge on any atom is 0.289 e. The summed E-state index contributed by atoms with van der Waals surface area (Å²) in [5, 5.41) is 5.92. The van der Waals surface area contributed by atoms with Crippen molar-refractivity contribution in [2.75, 3.05) is 32.8 Å². The van der Waals surface area contributed by atoms with Gasteiger partial charge in [0, 0.05) is 13.1 Å². The molecule has 0 atom stereocenters. The second-order valence-electron chi connectivity index (χ2n) is 3.21. The van der Waals surface area contributed by atoms with E-state index >= 15 is 0 Å². The van der Waals surface area contributed by atoms with E-state index in [-0.39, 0.29) is 11.7 Å². The Labute approximate surface area is 89.8 Å². The standard InChI is InChI=1S/C10H18N2O3/c1-2-3-11-4-5-12-10(13)9-8-14-6-7-15-9/h8,11H,2-7H2,1H3,(H,12,13). The van der Waals surface area contributed by atoms with Crippen LogP contribution >= 0.6 is 0 Å². The van der Waals surface area contributed by atoms with Crippen molar-refractivity contribution in [1.82, 2.24) is 10.6 Å². The second-order valence-corrected chi connectivity index (χ2v) is 3.21. The fourth-order valence-corrected chi connectivity index (χ4v) is 1.14. The monoisotopic (exact) mass is 214 g/mol. The highest BCUT2D eigenvalue weighted by Gasteiger charge is 2.13. The van der Waals surface area contributed by atoms with Gasteiger partial charge in [-0.3, -0.25) is 4.79 Å². The van der Waals surface area contributed by atoms with Crippen LogP contribution < -0.4 is 10.6 Å².